The summed E-state index contributed by atoms with van der Waals surface area (Å²) in [6.07, 6.45) is 3.03. The Kier molecular flexibility index (Phi) is 3.96. The third kappa shape index (κ3) is 3.62. The fourth-order valence-corrected chi connectivity index (χ4v) is 2.88. The van der Waals surface area contributed by atoms with E-state index in [2.05, 4.69) is 14.7 Å². The van der Waals surface area contributed by atoms with Crippen LogP contribution in [0.25, 0.3) is 0 Å². The number of sulfonamides is 1. The first kappa shape index (κ1) is 13.7. The minimum absolute atomic E-state index is 0.0263. The molecule has 1 atom stereocenters. The SMILES string of the molecule is CC(Cc1ccc(F)cc1)NS(=O)(=O)c1cnc[nH]1. The molecule has 2 aromatic rings. The Morgan fingerprint density at radius 3 is 2.63 bits per heavy atom. The Morgan fingerprint density at radius 1 is 1.37 bits per heavy atom. The van der Waals surface area contributed by atoms with Crippen LogP contribution in [0, 0.1) is 5.82 Å². The second kappa shape index (κ2) is 5.50. The second-order valence-corrected chi connectivity index (χ2v) is 5.95. The third-order valence-electron chi connectivity index (χ3n) is 2.57. The molecule has 0 radical (unpaired) electrons. The van der Waals surface area contributed by atoms with E-state index in [1.165, 1.54) is 24.7 Å². The normalized spacial score (nSPS) is 13.4. The highest BCUT2D eigenvalue weighted by Crippen LogP contribution is 2.08. The molecule has 0 saturated heterocycles. The number of hydrogen-bond acceptors (Lipinski definition) is 3. The number of nitrogens with zero attached hydrogens (tertiary/aromatic N) is 1. The average Bonchev–Trinajstić information content (AvgIpc) is 2.85. The van der Waals surface area contributed by atoms with Crippen LogP contribution < -0.4 is 4.72 Å². The first-order valence-electron chi connectivity index (χ1n) is 5.72. The van der Waals surface area contributed by atoms with E-state index < -0.39 is 10.0 Å². The molecule has 1 aromatic carbocycles. The van der Waals surface area contributed by atoms with Crippen LogP contribution in [-0.4, -0.2) is 24.4 Å². The van der Waals surface area contributed by atoms with Crippen LogP contribution >= 0.6 is 0 Å². The van der Waals surface area contributed by atoms with Crippen molar-refractivity contribution in [3.05, 3.63) is 48.2 Å². The van der Waals surface area contributed by atoms with Crippen molar-refractivity contribution in [2.24, 2.45) is 0 Å². The summed E-state index contributed by atoms with van der Waals surface area (Å²) in [6, 6.07) is 5.67. The second-order valence-electron chi connectivity index (χ2n) is 4.27. The molecule has 1 heterocycles. The summed E-state index contributed by atoms with van der Waals surface area (Å²) in [4.78, 5) is 6.22. The molecule has 0 aliphatic carbocycles. The fraction of sp³-hybridized carbons (Fsp3) is 0.250. The van der Waals surface area contributed by atoms with E-state index in [0.29, 0.717) is 6.42 Å². The molecule has 2 N–H and O–H groups in total. The van der Waals surface area contributed by atoms with E-state index in [1.807, 2.05) is 0 Å². The number of rotatable bonds is 5. The molecular weight excluding hydrogens is 269 g/mol. The lowest BCUT2D eigenvalue weighted by Gasteiger charge is -2.13. The number of halogens is 1. The van der Waals surface area contributed by atoms with Crippen LogP contribution in [0.5, 0.6) is 0 Å². The summed E-state index contributed by atoms with van der Waals surface area (Å²) in [6.45, 7) is 1.75. The highest BCUT2D eigenvalue weighted by atomic mass is 32.2. The van der Waals surface area contributed by atoms with Gasteiger partial charge in [0, 0.05) is 6.04 Å². The van der Waals surface area contributed by atoms with Gasteiger partial charge in [0.2, 0.25) is 0 Å². The highest BCUT2D eigenvalue weighted by Gasteiger charge is 2.18. The maximum atomic E-state index is 12.8. The maximum absolute atomic E-state index is 12.8. The van der Waals surface area contributed by atoms with Crippen molar-refractivity contribution >= 4 is 10.0 Å². The summed E-state index contributed by atoms with van der Waals surface area (Å²) in [5, 5.41) is 0.0263. The number of benzene rings is 1. The highest BCUT2D eigenvalue weighted by molar-refractivity contribution is 7.89. The summed E-state index contributed by atoms with van der Waals surface area (Å²) in [7, 11) is -3.59. The minimum Gasteiger partial charge on any atom is -0.335 e. The number of hydrogen-bond donors (Lipinski definition) is 2. The van der Waals surface area contributed by atoms with Gasteiger partial charge in [-0.15, -0.1) is 0 Å². The zero-order valence-corrected chi connectivity index (χ0v) is 11.1. The van der Waals surface area contributed by atoms with Crippen molar-refractivity contribution in [1.82, 2.24) is 14.7 Å². The van der Waals surface area contributed by atoms with Crippen molar-refractivity contribution in [2.75, 3.05) is 0 Å². The summed E-state index contributed by atoms with van der Waals surface area (Å²) in [5.74, 6) is -0.311. The van der Waals surface area contributed by atoms with E-state index in [0.717, 1.165) is 5.56 Å². The number of nitrogens with one attached hydrogen (secondary N) is 2. The topological polar surface area (TPSA) is 74.8 Å². The largest absolute Gasteiger partial charge is 0.335 e. The molecule has 19 heavy (non-hydrogen) atoms. The first-order valence-corrected chi connectivity index (χ1v) is 7.21. The predicted octanol–water partition coefficient (Wildman–Crippen LogP) is 1.46. The van der Waals surface area contributed by atoms with Gasteiger partial charge in [-0.25, -0.2) is 22.5 Å². The summed E-state index contributed by atoms with van der Waals surface area (Å²) < 4.78 is 39.1. The van der Waals surface area contributed by atoms with E-state index in [1.54, 1.807) is 19.1 Å². The summed E-state index contributed by atoms with van der Waals surface area (Å²) >= 11 is 0. The van der Waals surface area contributed by atoms with Crippen molar-refractivity contribution in [1.29, 1.82) is 0 Å². The first-order chi connectivity index (χ1) is 8.97. The van der Waals surface area contributed by atoms with Crippen molar-refractivity contribution in [3.63, 3.8) is 0 Å². The molecule has 5 nitrogen and oxygen atoms in total. The van der Waals surface area contributed by atoms with Crippen LogP contribution in [0.15, 0.2) is 41.8 Å². The third-order valence-corrected chi connectivity index (χ3v) is 4.09. The maximum Gasteiger partial charge on any atom is 0.257 e. The molecule has 0 aliphatic heterocycles. The van der Waals surface area contributed by atoms with Crippen LogP contribution in [0.4, 0.5) is 4.39 Å². The molecule has 7 heteroatoms. The minimum atomic E-state index is -3.59. The molecule has 1 unspecified atom stereocenters. The van der Waals surface area contributed by atoms with Gasteiger partial charge in [-0.05, 0) is 31.0 Å². The van der Waals surface area contributed by atoms with Crippen molar-refractivity contribution in [3.8, 4) is 0 Å². The summed E-state index contributed by atoms with van der Waals surface area (Å²) in [5.41, 5.74) is 0.862. The molecule has 0 saturated carbocycles. The quantitative estimate of drug-likeness (QED) is 0.872. The standard InChI is InChI=1S/C12H14FN3O2S/c1-9(6-10-2-4-11(13)5-3-10)16-19(17,18)12-7-14-8-15-12/h2-5,7-9,16H,6H2,1H3,(H,14,15). The Labute approximate surface area is 110 Å². The Hall–Kier alpha value is -1.73. The lowest BCUT2D eigenvalue weighted by atomic mass is 10.1. The lowest BCUT2D eigenvalue weighted by Crippen LogP contribution is -2.34. The van der Waals surface area contributed by atoms with Gasteiger partial charge >= 0.3 is 0 Å². The molecule has 0 bridgehead atoms. The number of aromatic amines is 1. The Morgan fingerprint density at radius 2 is 2.05 bits per heavy atom. The van der Waals surface area contributed by atoms with Gasteiger partial charge in [-0.2, -0.15) is 0 Å². The molecule has 102 valence electrons. The Balaban J connectivity index is 2.02. The molecule has 2 rings (SSSR count). The fourth-order valence-electron chi connectivity index (χ4n) is 1.73. The van der Waals surface area contributed by atoms with E-state index in [9.17, 15) is 12.8 Å². The monoisotopic (exact) mass is 283 g/mol. The predicted molar refractivity (Wildman–Crippen MR) is 68.5 cm³/mol. The van der Waals surface area contributed by atoms with Crippen molar-refractivity contribution < 1.29 is 12.8 Å². The number of imidazole rings is 1. The zero-order valence-electron chi connectivity index (χ0n) is 10.3. The Bertz CT molecular complexity index is 624. The van der Waals surface area contributed by atoms with E-state index in [-0.39, 0.29) is 16.9 Å². The number of aromatic nitrogens is 2. The van der Waals surface area contributed by atoms with Gasteiger partial charge in [0.25, 0.3) is 10.0 Å². The number of H-pyrrole nitrogens is 1. The molecule has 0 spiro atoms. The van der Waals surface area contributed by atoms with Gasteiger partial charge in [0.05, 0.1) is 12.5 Å². The smallest absolute Gasteiger partial charge is 0.257 e. The van der Waals surface area contributed by atoms with E-state index >= 15 is 0 Å². The van der Waals surface area contributed by atoms with Crippen LogP contribution in [0.1, 0.15) is 12.5 Å². The molecule has 0 fully saturated rings. The molecular formula is C12H14FN3O2S. The van der Waals surface area contributed by atoms with E-state index in [4.69, 9.17) is 0 Å². The van der Waals surface area contributed by atoms with Gasteiger partial charge < -0.3 is 4.98 Å². The van der Waals surface area contributed by atoms with Gasteiger partial charge in [-0.3, -0.25) is 0 Å². The molecule has 0 amide bonds. The van der Waals surface area contributed by atoms with Crippen LogP contribution in [0.3, 0.4) is 0 Å². The van der Waals surface area contributed by atoms with Crippen LogP contribution in [0.2, 0.25) is 0 Å². The molecule has 0 aliphatic rings. The van der Waals surface area contributed by atoms with Gasteiger partial charge in [-0.1, -0.05) is 12.1 Å². The van der Waals surface area contributed by atoms with Crippen LogP contribution in [-0.2, 0) is 16.4 Å². The average molecular weight is 283 g/mol. The zero-order chi connectivity index (χ0) is 13.9. The van der Waals surface area contributed by atoms with Crippen molar-refractivity contribution in [2.45, 2.75) is 24.4 Å². The van der Waals surface area contributed by atoms with Gasteiger partial charge in [0.15, 0.2) is 5.03 Å². The molecule has 1 aromatic heterocycles. The lowest BCUT2D eigenvalue weighted by molar-refractivity contribution is 0.556. The van der Waals surface area contributed by atoms with Gasteiger partial charge in [0.1, 0.15) is 5.82 Å².